The average molecular weight is 358 g/mol. The molecule has 2 N–H and O–H groups in total. The first-order valence-corrected chi connectivity index (χ1v) is 8.29. The molecule has 2 rings (SSSR count). The van der Waals surface area contributed by atoms with Crippen molar-refractivity contribution in [3.05, 3.63) is 58.5 Å². The fourth-order valence-corrected chi connectivity index (χ4v) is 2.12. The van der Waals surface area contributed by atoms with Crippen LogP contribution in [0.25, 0.3) is 0 Å². The minimum Gasteiger partial charge on any atom is -0.492 e. The first-order valence-electron chi connectivity index (χ1n) is 8.29. The standard InChI is InChI=1S/C18H22N4O4/c1-13(2)20-16(23)12-19-18(25)15-8-9-17(24)22(21-15)10-11-26-14-6-4-3-5-7-14/h3-9,13H,10-12H2,1-2H3,(H,19,25)(H,20,23). The van der Waals surface area contributed by atoms with E-state index in [4.69, 9.17) is 4.74 Å². The molecule has 26 heavy (non-hydrogen) atoms. The summed E-state index contributed by atoms with van der Waals surface area (Å²) in [6.07, 6.45) is 0. The molecule has 0 aliphatic rings. The van der Waals surface area contributed by atoms with Gasteiger partial charge in [-0.15, -0.1) is 0 Å². The van der Waals surface area contributed by atoms with Gasteiger partial charge in [-0.1, -0.05) is 18.2 Å². The molecular formula is C18H22N4O4. The average Bonchev–Trinajstić information content (AvgIpc) is 2.61. The van der Waals surface area contributed by atoms with Crippen molar-refractivity contribution >= 4 is 11.8 Å². The van der Waals surface area contributed by atoms with Gasteiger partial charge in [-0.3, -0.25) is 14.4 Å². The molecule has 0 fully saturated rings. The summed E-state index contributed by atoms with van der Waals surface area (Å²) in [7, 11) is 0. The van der Waals surface area contributed by atoms with Gasteiger partial charge in [-0.2, -0.15) is 5.10 Å². The number of ether oxygens (including phenoxy) is 1. The van der Waals surface area contributed by atoms with Crippen LogP contribution in [0.3, 0.4) is 0 Å². The zero-order chi connectivity index (χ0) is 18.9. The van der Waals surface area contributed by atoms with E-state index in [-0.39, 0.29) is 42.9 Å². The molecule has 2 amide bonds. The van der Waals surface area contributed by atoms with Crippen LogP contribution in [0.4, 0.5) is 0 Å². The molecule has 0 unspecified atom stereocenters. The van der Waals surface area contributed by atoms with Crippen LogP contribution in [-0.2, 0) is 11.3 Å². The van der Waals surface area contributed by atoms with Crippen LogP contribution >= 0.6 is 0 Å². The number of carbonyl (C=O) groups is 2. The Morgan fingerprint density at radius 3 is 2.58 bits per heavy atom. The number of rotatable bonds is 8. The summed E-state index contributed by atoms with van der Waals surface area (Å²) in [5.41, 5.74) is -0.280. The highest BCUT2D eigenvalue weighted by molar-refractivity contribution is 5.94. The SMILES string of the molecule is CC(C)NC(=O)CNC(=O)c1ccc(=O)n(CCOc2ccccc2)n1. The molecule has 0 aliphatic heterocycles. The topological polar surface area (TPSA) is 102 Å². The number of aromatic nitrogens is 2. The maximum absolute atomic E-state index is 12.1. The second-order valence-corrected chi connectivity index (χ2v) is 5.85. The van der Waals surface area contributed by atoms with Crippen LogP contribution in [0.2, 0.25) is 0 Å². The van der Waals surface area contributed by atoms with E-state index in [0.29, 0.717) is 5.75 Å². The van der Waals surface area contributed by atoms with E-state index >= 15 is 0 Å². The summed E-state index contributed by atoms with van der Waals surface area (Å²) in [6.45, 7) is 3.93. The van der Waals surface area contributed by atoms with Gasteiger partial charge in [0.15, 0.2) is 0 Å². The van der Waals surface area contributed by atoms with Gasteiger partial charge in [0.2, 0.25) is 5.91 Å². The third-order valence-electron chi connectivity index (χ3n) is 3.27. The molecule has 0 saturated carbocycles. The highest BCUT2D eigenvalue weighted by atomic mass is 16.5. The van der Waals surface area contributed by atoms with Gasteiger partial charge in [0.25, 0.3) is 11.5 Å². The van der Waals surface area contributed by atoms with Crippen LogP contribution in [0.1, 0.15) is 24.3 Å². The second-order valence-electron chi connectivity index (χ2n) is 5.85. The van der Waals surface area contributed by atoms with Gasteiger partial charge < -0.3 is 15.4 Å². The van der Waals surface area contributed by atoms with E-state index in [2.05, 4.69) is 15.7 Å². The Hall–Kier alpha value is -3.16. The lowest BCUT2D eigenvalue weighted by atomic mass is 10.3. The lowest BCUT2D eigenvalue weighted by Crippen LogP contribution is -2.40. The molecule has 1 aromatic carbocycles. The quantitative estimate of drug-likeness (QED) is 0.718. The number of hydrogen-bond acceptors (Lipinski definition) is 5. The van der Waals surface area contributed by atoms with E-state index in [0.717, 1.165) is 4.68 Å². The number of carbonyl (C=O) groups excluding carboxylic acids is 2. The number of nitrogens with zero attached hydrogens (tertiary/aromatic N) is 2. The maximum Gasteiger partial charge on any atom is 0.272 e. The monoisotopic (exact) mass is 358 g/mol. The van der Waals surface area contributed by atoms with E-state index in [1.807, 2.05) is 44.2 Å². The highest BCUT2D eigenvalue weighted by Gasteiger charge is 2.11. The van der Waals surface area contributed by atoms with Gasteiger partial charge in [0.1, 0.15) is 18.1 Å². The van der Waals surface area contributed by atoms with Gasteiger partial charge in [0, 0.05) is 12.1 Å². The zero-order valence-corrected chi connectivity index (χ0v) is 14.8. The number of benzene rings is 1. The van der Waals surface area contributed by atoms with Crippen LogP contribution in [0.15, 0.2) is 47.3 Å². The Balaban J connectivity index is 1.92. The minimum atomic E-state index is -0.526. The third kappa shape index (κ3) is 6.04. The summed E-state index contributed by atoms with van der Waals surface area (Å²) < 4.78 is 6.69. The smallest absolute Gasteiger partial charge is 0.272 e. The Bertz CT molecular complexity index is 802. The lowest BCUT2D eigenvalue weighted by molar-refractivity contribution is -0.120. The summed E-state index contributed by atoms with van der Waals surface area (Å²) in [5, 5.41) is 9.16. The number of para-hydroxylation sites is 1. The van der Waals surface area contributed by atoms with Crippen molar-refractivity contribution in [1.82, 2.24) is 20.4 Å². The van der Waals surface area contributed by atoms with Crippen LogP contribution in [-0.4, -0.2) is 40.8 Å². The lowest BCUT2D eigenvalue weighted by Gasteiger charge is -2.10. The number of amides is 2. The molecule has 2 aromatic rings. The third-order valence-corrected chi connectivity index (χ3v) is 3.27. The van der Waals surface area contributed by atoms with Crippen molar-refractivity contribution in [1.29, 1.82) is 0 Å². The van der Waals surface area contributed by atoms with Gasteiger partial charge in [-0.25, -0.2) is 4.68 Å². The predicted molar refractivity (Wildman–Crippen MR) is 96.0 cm³/mol. The Morgan fingerprint density at radius 1 is 1.15 bits per heavy atom. The maximum atomic E-state index is 12.1. The first-order chi connectivity index (χ1) is 12.5. The van der Waals surface area contributed by atoms with Crippen LogP contribution < -0.4 is 20.9 Å². The molecule has 8 nitrogen and oxygen atoms in total. The molecule has 0 saturated heterocycles. The van der Waals surface area contributed by atoms with Crippen molar-refractivity contribution in [2.24, 2.45) is 0 Å². The van der Waals surface area contributed by atoms with Crippen molar-refractivity contribution in [3.63, 3.8) is 0 Å². The van der Waals surface area contributed by atoms with E-state index < -0.39 is 5.91 Å². The summed E-state index contributed by atoms with van der Waals surface area (Å²) in [4.78, 5) is 35.5. The molecule has 0 aliphatic carbocycles. The molecule has 1 aromatic heterocycles. The van der Waals surface area contributed by atoms with E-state index in [1.165, 1.54) is 12.1 Å². The van der Waals surface area contributed by atoms with E-state index in [9.17, 15) is 14.4 Å². The molecule has 138 valence electrons. The normalized spacial score (nSPS) is 10.4. The minimum absolute atomic E-state index is 0.0101. The van der Waals surface area contributed by atoms with Crippen LogP contribution in [0, 0.1) is 0 Å². The number of nitrogens with one attached hydrogen (secondary N) is 2. The zero-order valence-electron chi connectivity index (χ0n) is 14.8. The van der Waals surface area contributed by atoms with Gasteiger partial charge in [0.05, 0.1) is 13.1 Å². The first kappa shape index (κ1) is 19.2. The highest BCUT2D eigenvalue weighted by Crippen LogP contribution is 2.07. The van der Waals surface area contributed by atoms with Gasteiger partial charge in [-0.05, 0) is 32.0 Å². The molecule has 0 atom stereocenters. The fourth-order valence-electron chi connectivity index (χ4n) is 2.12. The Morgan fingerprint density at radius 2 is 1.88 bits per heavy atom. The van der Waals surface area contributed by atoms with Crippen molar-refractivity contribution in [2.45, 2.75) is 26.4 Å². The number of hydrogen-bond donors (Lipinski definition) is 2. The van der Waals surface area contributed by atoms with Gasteiger partial charge >= 0.3 is 0 Å². The van der Waals surface area contributed by atoms with Crippen molar-refractivity contribution in [3.8, 4) is 5.75 Å². The molecule has 0 bridgehead atoms. The van der Waals surface area contributed by atoms with Crippen molar-refractivity contribution < 1.29 is 14.3 Å². The summed E-state index contributed by atoms with van der Waals surface area (Å²) >= 11 is 0. The van der Waals surface area contributed by atoms with Crippen molar-refractivity contribution in [2.75, 3.05) is 13.2 Å². The fraction of sp³-hybridized carbons (Fsp3) is 0.333. The molecule has 0 spiro atoms. The Labute approximate surface area is 151 Å². The van der Waals surface area contributed by atoms with E-state index in [1.54, 1.807) is 0 Å². The second kappa shape index (κ2) is 9.36. The molecule has 8 heteroatoms. The molecular weight excluding hydrogens is 336 g/mol. The predicted octanol–water partition coefficient (Wildman–Crippen LogP) is 0.577. The van der Waals surface area contributed by atoms with Crippen LogP contribution in [0.5, 0.6) is 5.75 Å². The Kier molecular flexibility index (Phi) is 6.90. The summed E-state index contributed by atoms with van der Waals surface area (Å²) in [6, 6.07) is 11.8. The summed E-state index contributed by atoms with van der Waals surface area (Å²) in [5.74, 6) is -0.134. The largest absolute Gasteiger partial charge is 0.492 e. The molecule has 0 radical (unpaired) electrons. The molecule has 1 heterocycles.